The van der Waals surface area contributed by atoms with Crippen LogP contribution in [0.3, 0.4) is 0 Å². The highest BCUT2D eigenvalue weighted by molar-refractivity contribution is 5.69. The Morgan fingerprint density at radius 3 is 1.47 bits per heavy atom. The van der Waals surface area contributed by atoms with Crippen LogP contribution in [0.15, 0.2) is 60.7 Å². The number of rotatable bonds is 18. The molecule has 2 aromatic rings. The normalized spacial score (nSPS) is 10.9. The van der Waals surface area contributed by atoms with Crippen molar-refractivity contribution in [2.24, 2.45) is 5.92 Å². The Balaban J connectivity index is 1.47. The van der Waals surface area contributed by atoms with Gasteiger partial charge < -0.3 is 9.47 Å². The van der Waals surface area contributed by atoms with Crippen LogP contribution >= 0.6 is 0 Å². The predicted octanol–water partition coefficient (Wildman–Crippen LogP) is 7.79. The Kier molecular flexibility index (Phi) is 14.5. The summed E-state index contributed by atoms with van der Waals surface area (Å²) in [4.78, 5) is 23.8. The van der Waals surface area contributed by atoms with E-state index in [1.54, 1.807) is 0 Å². The van der Waals surface area contributed by atoms with E-state index < -0.39 is 0 Å². The largest absolute Gasteiger partial charge is 0.461 e. The van der Waals surface area contributed by atoms with Crippen LogP contribution in [0.2, 0.25) is 0 Å². The number of unbranched alkanes of at least 4 members (excludes halogenated alkanes) is 4. The lowest BCUT2D eigenvalue weighted by molar-refractivity contribution is -0.146. The molecule has 0 aromatic heterocycles. The smallest absolute Gasteiger partial charge is 0.306 e. The van der Waals surface area contributed by atoms with Crippen molar-refractivity contribution in [3.05, 3.63) is 71.8 Å². The molecule has 0 unspecified atom stereocenters. The molecule has 34 heavy (non-hydrogen) atoms. The second-order valence-electron chi connectivity index (χ2n) is 9.15. The summed E-state index contributed by atoms with van der Waals surface area (Å²) in [6.45, 7) is 2.98. The number of benzene rings is 2. The van der Waals surface area contributed by atoms with Gasteiger partial charge in [0.2, 0.25) is 0 Å². The highest BCUT2D eigenvalue weighted by Gasteiger charge is 2.09. The first kappa shape index (κ1) is 27.6. The molecule has 0 fully saturated rings. The van der Waals surface area contributed by atoms with Gasteiger partial charge in [0, 0.05) is 12.8 Å². The van der Waals surface area contributed by atoms with E-state index in [-0.39, 0.29) is 11.9 Å². The molecule has 0 N–H and O–H groups in total. The summed E-state index contributed by atoms with van der Waals surface area (Å²) in [5.74, 6) is 0.549. The lowest BCUT2D eigenvalue weighted by Crippen LogP contribution is -2.05. The molecule has 0 saturated carbocycles. The van der Waals surface area contributed by atoms with Crippen molar-refractivity contribution in [3.63, 3.8) is 0 Å². The monoisotopic (exact) mass is 466 g/mol. The Hall–Kier alpha value is -2.62. The van der Waals surface area contributed by atoms with Crippen molar-refractivity contribution < 1.29 is 19.1 Å². The zero-order valence-electron chi connectivity index (χ0n) is 20.9. The van der Waals surface area contributed by atoms with Crippen LogP contribution in [0.5, 0.6) is 0 Å². The Bertz CT molecular complexity index is 722. The summed E-state index contributed by atoms with van der Waals surface area (Å²) in [6, 6.07) is 19.6. The molecule has 0 aliphatic heterocycles. The van der Waals surface area contributed by atoms with Crippen molar-refractivity contribution in [1.82, 2.24) is 0 Å². The average molecular weight is 467 g/mol. The van der Waals surface area contributed by atoms with Gasteiger partial charge in [-0.05, 0) is 29.9 Å². The topological polar surface area (TPSA) is 52.6 Å². The molecule has 0 atom stereocenters. The van der Waals surface area contributed by atoms with Gasteiger partial charge in [-0.25, -0.2) is 0 Å². The third-order valence-electron chi connectivity index (χ3n) is 6.17. The van der Waals surface area contributed by atoms with Crippen LogP contribution in [0.4, 0.5) is 0 Å². The van der Waals surface area contributed by atoms with E-state index in [0.29, 0.717) is 26.1 Å². The quantitative estimate of drug-likeness (QED) is 0.166. The summed E-state index contributed by atoms with van der Waals surface area (Å²) in [6.07, 6.45) is 12.2. The van der Waals surface area contributed by atoms with Gasteiger partial charge in [-0.15, -0.1) is 0 Å². The van der Waals surface area contributed by atoms with Crippen LogP contribution in [-0.4, -0.2) is 11.9 Å². The number of carbonyl (C=O) groups excluding carboxylic acids is 2. The molecule has 0 amide bonds. The standard InChI is InChI=1S/C30H42O4/c1-2-15-26(16-7-5-13-22-29(31)33-24-27-18-9-3-10-19-27)17-8-6-14-23-30(32)34-25-28-20-11-4-12-21-28/h3-4,9-12,18-21,26H,2,5-8,13-17,22-25H2,1H3. The van der Waals surface area contributed by atoms with Gasteiger partial charge in [0.25, 0.3) is 0 Å². The fraction of sp³-hybridized carbons (Fsp3) is 0.533. The molecular weight excluding hydrogens is 424 g/mol. The number of hydrogen-bond donors (Lipinski definition) is 0. The molecule has 0 heterocycles. The minimum atomic E-state index is -0.101. The van der Waals surface area contributed by atoms with Crippen LogP contribution < -0.4 is 0 Å². The second-order valence-corrected chi connectivity index (χ2v) is 9.15. The maximum Gasteiger partial charge on any atom is 0.306 e. The Morgan fingerprint density at radius 1 is 0.618 bits per heavy atom. The SMILES string of the molecule is CCCC(CCCCCC(=O)OCc1ccccc1)CCCCCC(=O)OCc1ccccc1. The van der Waals surface area contributed by atoms with Crippen LogP contribution in [-0.2, 0) is 32.3 Å². The summed E-state index contributed by atoms with van der Waals surface area (Å²) in [5.41, 5.74) is 2.06. The first-order valence-electron chi connectivity index (χ1n) is 13.1. The van der Waals surface area contributed by atoms with Crippen molar-refractivity contribution in [3.8, 4) is 0 Å². The van der Waals surface area contributed by atoms with E-state index in [4.69, 9.17) is 9.47 Å². The van der Waals surface area contributed by atoms with Crippen molar-refractivity contribution in [2.75, 3.05) is 0 Å². The van der Waals surface area contributed by atoms with E-state index in [0.717, 1.165) is 42.7 Å². The fourth-order valence-corrected chi connectivity index (χ4v) is 4.22. The lowest BCUT2D eigenvalue weighted by atomic mass is 9.91. The minimum absolute atomic E-state index is 0.101. The molecular formula is C30H42O4. The predicted molar refractivity (Wildman–Crippen MR) is 137 cm³/mol. The summed E-state index contributed by atoms with van der Waals surface area (Å²) in [7, 11) is 0. The number of esters is 2. The molecule has 4 heteroatoms. The number of ether oxygens (including phenoxy) is 2. The van der Waals surface area contributed by atoms with E-state index >= 15 is 0 Å². The Morgan fingerprint density at radius 2 is 1.06 bits per heavy atom. The number of carbonyl (C=O) groups is 2. The maximum absolute atomic E-state index is 11.9. The van der Waals surface area contributed by atoms with E-state index in [1.807, 2.05) is 60.7 Å². The summed E-state index contributed by atoms with van der Waals surface area (Å²) < 4.78 is 10.7. The van der Waals surface area contributed by atoms with Crippen molar-refractivity contribution in [1.29, 1.82) is 0 Å². The first-order chi connectivity index (χ1) is 16.7. The molecule has 0 aliphatic rings. The van der Waals surface area contributed by atoms with Gasteiger partial charge in [-0.1, -0.05) is 119 Å². The molecule has 0 spiro atoms. The molecule has 0 bridgehead atoms. The fourth-order valence-electron chi connectivity index (χ4n) is 4.22. The maximum atomic E-state index is 11.9. The van der Waals surface area contributed by atoms with E-state index in [2.05, 4.69) is 6.92 Å². The number of hydrogen-bond acceptors (Lipinski definition) is 4. The average Bonchev–Trinajstić information content (AvgIpc) is 2.87. The Labute approximate surface area is 206 Å². The first-order valence-corrected chi connectivity index (χ1v) is 13.1. The van der Waals surface area contributed by atoms with E-state index in [1.165, 1.54) is 38.5 Å². The van der Waals surface area contributed by atoms with Crippen LogP contribution in [0.25, 0.3) is 0 Å². The molecule has 186 valence electrons. The highest BCUT2D eigenvalue weighted by Crippen LogP contribution is 2.23. The van der Waals surface area contributed by atoms with Gasteiger partial charge in [0.1, 0.15) is 13.2 Å². The van der Waals surface area contributed by atoms with Gasteiger partial charge in [-0.2, -0.15) is 0 Å². The minimum Gasteiger partial charge on any atom is -0.461 e. The lowest BCUT2D eigenvalue weighted by Gasteiger charge is -2.16. The van der Waals surface area contributed by atoms with Gasteiger partial charge in [-0.3, -0.25) is 9.59 Å². The third kappa shape index (κ3) is 13.2. The van der Waals surface area contributed by atoms with Crippen molar-refractivity contribution >= 4 is 11.9 Å². The van der Waals surface area contributed by atoms with Crippen molar-refractivity contribution in [2.45, 2.75) is 97.2 Å². The van der Waals surface area contributed by atoms with E-state index in [9.17, 15) is 9.59 Å². The van der Waals surface area contributed by atoms with Gasteiger partial charge in [0.15, 0.2) is 0 Å². The molecule has 2 rings (SSSR count). The van der Waals surface area contributed by atoms with Gasteiger partial charge >= 0.3 is 11.9 Å². The summed E-state index contributed by atoms with van der Waals surface area (Å²) >= 11 is 0. The zero-order chi connectivity index (χ0) is 24.3. The summed E-state index contributed by atoms with van der Waals surface area (Å²) in [5, 5.41) is 0. The molecule has 4 nitrogen and oxygen atoms in total. The third-order valence-corrected chi connectivity index (χ3v) is 6.17. The molecule has 0 aliphatic carbocycles. The molecule has 0 radical (unpaired) electrons. The highest BCUT2D eigenvalue weighted by atomic mass is 16.5. The second kappa shape index (κ2) is 17.8. The molecule has 2 aromatic carbocycles. The molecule has 0 saturated heterocycles. The van der Waals surface area contributed by atoms with Crippen LogP contribution in [0.1, 0.15) is 95.1 Å². The zero-order valence-corrected chi connectivity index (χ0v) is 20.9. The van der Waals surface area contributed by atoms with Crippen LogP contribution in [0, 0.1) is 5.92 Å². The van der Waals surface area contributed by atoms with Gasteiger partial charge in [0.05, 0.1) is 0 Å².